The van der Waals surface area contributed by atoms with Crippen molar-refractivity contribution in [2.24, 2.45) is 0 Å². The molecule has 0 fully saturated rings. The van der Waals surface area contributed by atoms with Crippen molar-refractivity contribution in [3.63, 3.8) is 0 Å². The lowest BCUT2D eigenvalue weighted by Gasteiger charge is -2.07. The van der Waals surface area contributed by atoms with Gasteiger partial charge in [-0.15, -0.1) is 0 Å². The van der Waals surface area contributed by atoms with E-state index in [0.717, 1.165) is 33.7 Å². The van der Waals surface area contributed by atoms with Gasteiger partial charge < -0.3 is 4.74 Å². The van der Waals surface area contributed by atoms with Gasteiger partial charge in [0.1, 0.15) is 5.75 Å². The molecule has 3 aromatic rings. The molecule has 0 aliphatic heterocycles. The van der Waals surface area contributed by atoms with Gasteiger partial charge in [0.25, 0.3) is 6.08 Å². The van der Waals surface area contributed by atoms with Crippen molar-refractivity contribution in [1.29, 1.82) is 0 Å². The van der Waals surface area contributed by atoms with Gasteiger partial charge in [-0.25, -0.2) is 0 Å². The molecule has 0 saturated carbocycles. The minimum absolute atomic E-state index is 0.506. The molecule has 0 N–H and O–H groups in total. The molecule has 0 unspecified atom stereocenters. The molecule has 116 valence electrons. The molecule has 0 heterocycles. The molecule has 0 bridgehead atoms. The van der Waals surface area contributed by atoms with E-state index in [1.807, 2.05) is 49.4 Å². The van der Waals surface area contributed by atoms with Crippen molar-refractivity contribution >= 4 is 16.8 Å². The monoisotopic (exact) mass is 310 g/mol. The summed E-state index contributed by atoms with van der Waals surface area (Å²) in [6, 6.07) is 19.3. The highest BCUT2D eigenvalue weighted by Crippen LogP contribution is 2.27. The molecule has 23 heavy (non-hydrogen) atoms. The molecular weight excluding hydrogens is 294 g/mol. The lowest BCUT2D eigenvalue weighted by molar-refractivity contribution is 0.340. The Bertz CT molecular complexity index is 847. The first kappa shape index (κ1) is 15.2. The molecule has 0 aliphatic carbocycles. The van der Waals surface area contributed by atoms with E-state index in [1.54, 1.807) is 12.1 Å². The Morgan fingerprint density at radius 3 is 2.22 bits per heavy atom. The summed E-state index contributed by atoms with van der Waals surface area (Å²) in [5.74, 6) is 0.849. The quantitative estimate of drug-likeness (QED) is 0.562. The van der Waals surface area contributed by atoms with E-state index in [0.29, 0.717) is 12.2 Å². The van der Waals surface area contributed by atoms with E-state index in [9.17, 15) is 8.78 Å². The van der Waals surface area contributed by atoms with Crippen LogP contribution in [0.3, 0.4) is 0 Å². The molecule has 0 aromatic heterocycles. The van der Waals surface area contributed by atoms with Gasteiger partial charge >= 0.3 is 0 Å². The zero-order chi connectivity index (χ0) is 16.2. The van der Waals surface area contributed by atoms with Crippen LogP contribution in [0.1, 0.15) is 12.5 Å². The maximum Gasteiger partial charge on any atom is 0.270 e. The zero-order valence-corrected chi connectivity index (χ0v) is 12.7. The van der Waals surface area contributed by atoms with Crippen molar-refractivity contribution in [2.45, 2.75) is 6.92 Å². The lowest BCUT2D eigenvalue weighted by atomic mass is 10.00. The summed E-state index contributed by atoms with van der Waals surface area (Å²) in [7, 11) is 0. The van der Waals surface area contributed by atoms with E-state index < -0.39 is 6.08 Å². The maximum absolute atomic E-state index is 12.3. The molecule has 0 aliphatic rings. The van der Waals surface area contributed by atoms with Crippen molar-refractivity contribution in [3.8, 4) is 16.9 Å². The fourth-order valence-corrected chi connectivity index (χ4v) is 2.57. The third-order valence-electron chi connectivity index (χ3n) is 3.64. The summed E-state index contributed by atoms with van der Waals surface area (Å²) in [6.45, 7) is 2.60. The molecule has 0 saturated heterocycles. The van der Waals surface area contributed by atoms with Gasteiger partial charge in [0.05, 0.1) is 6.61 Å². The first-order chi connectivity index (χ1) is 11.2. The maximum atomic E-state index is 12.3. The number of hydrogen-bond acceptors (Lipinski definition) is 1. The van der Waals surface area contributed by atoms with Gasteiger partial charge in [0.15, 0.2) is 0 Å². The average molecular weight is 310 g/mol. The van der Waals surface area contributed by atoms with Gasteiger partial charge in [-0.1, -0.05) is 36.4 Å². The van der Waals surface area contributed by atoms with E-state index in [1.165, 1.54) is 0 Å². The number of benzene rings is 3. The van der Waals surface area contributed by atoms with Crippen LogP contribution < -0.4 is 4.74 Å². The predicted octanol–water partition coefficient (Wildman–Crippen LogP) is 6.14. The van der Waals surface area contributed by atoms with Crippen LogP contribution in [-0.2, 0) is 0 Å². The van der Waals surface area contributed by atoms with Crippen LogP contribution in [0.25, 0.3) is 28.0 Å². The fraction of sp³-hybridized carbons (Fsp3) is 0.100. The number of rotatable bonds is 4. The molecule has 0 radical (unpaired) electrons. The van der Waals surface area contributed by atoms with Crippen LogP contribution >= 0.6 is 0 Å². The third-order valence-corrected chi connectivity index (χ3v) is 3.64. The molecule has 0 amide bonds. The minimum atomic E-state index is -1.68. The van der Waals surface area contributed by atoms with E-state index in [-0.39, 0.29) is 0 Å². The Morgan fingerprint density at radius 1 is 0.870 bits per heavy atom. The normalized spacial score (nSPS) is 10.6. The highest BCUT2D eigenvalue weighted by Gasteiger charge is 2.02. The first-order valence-electron chi connectivity index (χ1n) is 7.45. The van der Waals surface area contributed by atoms with Crippen molar-refractivity contribution < 1.29 is 13.5 Å². The topological polar surface area (TPSA) is 9.23 Å². The predicted molar refractivity (Wildman–Crippen MR) is 90.7 cm³/mol. The zero-order valence-electron chi connectivity index (χ0n) is 12.7. The highest BCUT2D eigenvalue weighted by molar-refractivity contribution is 5.89. The lowest BCUT2D eigenvalue weighted by Crippen LogP contribution is -1.90. The number of hydrogen-bond donors (Lipinski definition) is 0. The summed E-state index contributed by atoms with van der Waals surface area (Å²) in [5, 5.41) is 1.96. The van der Waals surface area contributed by atoms with Crippen molar-refractivity contribution in [1.82, 2.24) is 0 Å². The Labute approximate surface area is 133 Å². The van der Waals surface area contributed by atoms with Crippen LogP contribution in [-0.4, -0.2) is 6.61 Å². The molecule has 1 nitrogen and oxygen atoms in total. The Hall–Kier alpha value is -2.68. The molecule has 0 atom stereocenters. The molecule has 0 spiro atoms. The molecule has 3 aromatic carbocycles. The SMILES string of the molecule is CCOc1ccc(-c2ccc3cc(C=C(F)F)ccc3c2)cc1. The number of ether oxygens (including phenoxy) is 1. The first-order valence-corrected chi connectivity index (χ1v) is 7.45. The van der Waals surface area contributed by atoms with Crippen molar-refractivity contribution in [3.05, 3.63) is 72.3 Å². The molecule has 3 rings (SSSR count). The summed E-state index contributed by atoms with van der Waals surface area (Å²) in [6.07, 6.45) is -0.810. The van der Waals surface area contributed by atoms with Crippen molar-refractivity contribution in [2.75, 3.05) is 6.61 Å². The van der Waals surface area contributed by atoms with E-state index in [2.05, 4.69) is 6.07 Å². The number of halogens is 2. The van der Waals surface area contributed by atoms with E-state index in [4.69, 9.17) is 4.74 Å². The van der Waals surface area contributed by atoms with Crippen LogP contribution in [0, 0.1) is 0 Å². The summed E-state index contributed by atoms with van der Waals surface area (Å²) in [4.78, 5) is 0. The van der Waals surface area contributed by atoms with Gasteiger partial charge in [-0.3, -0.25) is 0 Å². The van der Waals surface area contributed by atoms with Gasteiger partial charge in [0, 0.05) is 6.08 Å². The second-order valence-corrected chi connectivity index (χ2v) is 5.21. The number of fused-ring (bicyclic) bond motifs is 1. The second-order valence-electron chi connectivity index (χ2n) is 5.21. The summed E-state index contributed by atoms with van der Waals surface area (Å²) in [5.41, 5.74) is 2.68. The summed E-state index contributed by atoms with van der Waals surface area (Å²) < 4.78 is 30.1. The summed E-state index contributed by atoms with van der Waals surface area (Å²) >= 11 is 0. The standard InChI is InChI=1S/C20H16F2O/c1-2-23-19-9-7-15(8-10-19)17-6-5-16-11-14(12-20(21)22)3-4-18(16)13-17/h3-13H,2H2,1H3. The molecular formula is C20H16F2O. The van der Waals surface area contributed by atoms with Crippen LogP contribution in [0.2, 0.25) is 0 Å². The van der Waals surface area contributed by atoms with Gasteiger partial charge in [0.2, 0.25) is 0 Å². The fourth-order valence-electron chi connectivity index (χ4n) is 2.57. The Morgan fingerprint density at radius 2 is 1.52 bits per heavy atom. The largest absolute Gasteiger partial charge is 0.494 e. The smallest absolute Gasteiger partial charge is 0.270 e. The van der Waals surface area contributed by atoms with E-state index >= 15 is 0 Å². The van der Waals surface area contributed by atoms with Gasteiger partial charge in [-0.05, 0) is 58.7 Å². The Balaban J connectivity index is 1.95. The minimum Gasteiger partial charge on any atom is -0.494 e. The second kappa shape index (κ2) is 6.61. The van der Waals surface area contributed by atoms with Crippen LogP contribution in [0.15, 0.2) is 66.7 Å². The van der Waals surface area contributed by atoms with Crippen LogP contribution in [0.4, 0.5) is 8.78 Å². The third kappa shape index (κ3) is 3.57. The van der Waals surface area contributed by atoms with Gasteiger partial charge in [-0.2, -0.15) is 8.78 Å². The highest BCUT2D eigenvalue weighted by atomic mass is 19.3. The molecule has 3 heteroatoms. The average Bonchev–Trinajstić information content (AvgIpc) is 2.55. The van der Waals surface area contributed by atoms with Crippen LogP contribution in [0.5, 0.6) is 5.75 Å². The Kier molecular flexibility index (Phi) is 4.38.